The Hall–Kier alpha value is -1.64. The van der Waals surface area contributed by atoms with Crippen LogP contribution < -0.4 is 0 Å². The molecule has 0 aliphatic heterocycles. The van der Waals surface area contributed by atoms with Crippen molar-refractivity contribution in [3.63, 3.8) is 0 Å². The summed E-state index contributed by atoms with van der Waals surface area (Å²) >= 11 is 0. The maximum absolute atomic E-state index is 4.40. The van der Waals surface area contributed by atoms with E-state index in [4.69, 9.17) is 0 Å². The molecule has 0 atom stereocenters. The Balaban J connectivity index is 1.65. The first-order valence-electron chi connectivity index (χ1n) is 8.41. The van der Waals surface area contributed by atoms with E-state index < -0.39 is 0 Å². The molecule has 0 fully saturated rings. The van der Waals surface area contributed by atoms with Gasteiger partial charge in [-0.25, -0.2) is 4.68 Å². The monoisotopic (exact) mass is 283 g/mol. The van der Waals surface area contributed by atoms with Crippen molar-refractivity contribution in [1.82, 2.24) is 15.0 Å². The van der Waals surface area contributed by atoms with Crippen LogP contribution in [0.3, 0.4) is 0 Å². The molecule has 1 aromatic heterocycles. The van der Waals surface area contributed by atoms with Gasteiger partial charge in [-0.1, -0.05) is 68.5 Å². The standard InChI is InChI=1S/C18H25N3/c1-2-3-4-5-6-9-14-21-18-16-11-8-7-10-15(16)12-13-17(18)19-20-21/h7-8,10-11H,2-6,9,12-14H2,1H3. The SMILES string of the molecule is CCCCCCCCn1nnc2c1-c1ccccc1CC2. The number of hydrogen-bond donors (Lipinski definition) is 0. The molecule has 2 aromatic rings. The summed E-state index contributed by atoms with van der Waals surface area (Å²) in [6.45, 7) is 3.27. The van der Waals surface area contributed by atoms with Crippen molar-refractivity contribution in [2.24, 2.45) is 0 Å². The summed E-state index contributed by atoms with van der Waals surface area (Å²) in [5.74, 6) is 0. The first-order valence-corrected chi connectivity index (χ1v) is 8.41. The molecule has 3 nitrogen and oxygen atoms in total. The second kappa shape index (κ2) is 6.88. The smallest absolute Gasteiger partial charge is 0.0920 e. The number of fused-ring (bicyclic) bond motifs is 3. The van der Waals surface area contributed by atoms with E-state index in [-0.39, 0.29) is 0 Å². The zero-order valence-electron chi connectivity index (χ0n) is 13.0. The summed E-state index contributed by atoms with van der Waals surface area (Å²) < 4.78 is 2.13. The van der Waals surface area contributed by atoms with Crippen molar-refractivity contribution in [2.45, 2.75) is 64.8 Å². The maximum atomic E-state index is 4.40. The lowest BCUT2D eigenvalue weighted by Crippen LogP contribution is -2.08. The molecule has 0 radical (unpaired) electrons. The second-order valence-electron chi connectivity index (χ2n) is 6.03. The van der Waals surface area contributed by atoms with Crippen LogP contribution in [0.15, 0.2) is 24.3 Å². The lowest BCUT2D eigenvalue weighted by molar-refractivity contribution is 0.519. The normalized spacial score (nSPS) is 13.0. The summed E-state index contributed by atoms with van der Waals surface area (Å²) in [6.07, 6.45) is 10.0. The van der Waals surface area contributed by atoms with E-state index in [0.717, 1.165) is 19.4 Å². The third-order valence-electron chi connectivity index (χ3n) is 4.43. The molecule has 0 N–H and O–H groups in total. The summed E-state index contributed by atoms with van der Waals surface area (Å²) in [7, 11) is 0. The third kappa shape index (κ3) is 3.17. The number of aryl methyl sites for hydroxylation is 3. The molecule has 0 saturated carbocycles. The summed E-state index contributed by atoms with van der Waals surface area (Å²) in [6, 6.07) is 8.70. The zero-order chi connectivity index (χ0) is 14.5. The van der Waals surface area contributed by atoms with Crippen molar-refractivity contribution >= 4 is 0 Å². The Morgan fingerprint density at radius 1 is 1.00 bits per heavy atom. The molecule has 1 aliphatic rings. The summed E-state index contributed by atoms with van der Waals surface area (Å²) in [4.78, 5) is 0. The highest BCUT2D eigenvalue weighted by atomic mass is 15.4. The lowest BCUT2D eigenvalue weighted by Gasteiger charge is -2.16. The van der Waals surface area contributed by atoms with Gasteiger partial charge in [0, 0.05) is 12.1 Å². The minimum atomic E-state index is 1.00. The minimum absolute atomic E-state index is 1.00. The summed E-state index contributed by atoms with van der Waals surface area (Å²) in [5.41, 5.74) is 5.23. The highest BCUT2D eigenvalue weighted by Crippen LogP contribution is 2.32. The Morgan fingerprint density at radius 2 is 1.81 bits per heavy atom. The second-order valence-corrected chi connectivity index (χ2v) is 6.03. The summed E-state index contributed by atoms with van der Waals surface area (Å²) in [5, 5.41) is 8.79. The molecular weight excluding hydrogens is 258 g/mol. The van der Waals surface area contributed by atoms with Gasteiger partial charge in [0.05, 0.1) is 11.4 Å². The number of benzene rings is 1. The molecule has 0 spiro atoms. The van der Waals surface area contributed by atoms with Gasteiger partial charge in [-0.15, -0.1) is 5.10 Å². The lowest BCUT2D eigenvalue weighted by atomic mass is 9.92. The fourth-order valence-corrected chi connectivity index (χ4v) is 3.23. The number of unbranched alkanes of at least 4 members (excludes halogenated alkanes) is 5. The average molecular weight is 283 g/mol. The van der Waals surface area contributed by atoms with E-state index in [2.05, 4.69) is 46.2 Å². The Bertz CT molecular complexity index is 586. The van der Waals surface area contributed by atoms with Crippen LogP contribution >= 0.6 is 0 Å². The van der Waals surface area contributed by atoms with Crippen LogP contribution in [0.5, 0.6) is 0 Å². The molecule has 0 amide bonds. The molecule has 0 bridgehead atoms. The van der Waals surface area contributed by atoms with Crippen LogP contribution in [-0.2, 0) is 19.4 Å². The van der Waals surface area contributed by atoms with E-state index in [1.54, 1.807) is 0 Å². The van der Waals surface area contributed by atoms with E-state index >= 15 is 0 Å². The highest BCUT2D eigenvalue weighted by Gasteiger charge is 2.21. The number of hydrogen-bond acceptors (Lipinski definition) is 2. The van der Waals surface area contributed by atoms with Crippen LogP contribution in [0, 0.1) is 0 Å². The number of nitrogens with zero attached hydrogens (tertiary/aromatic N) is 3. The van der Waals surface area contributed by atoms with Crippen molar-refractivity contribution in [1.29, 1.82) is 0 Å². The molecule has 0 saturated heterocycles. The average Bonchev–Trinajstić information content (AvgIpc) is 2.94. The Kier molecular flexibility index (Phi) is 4.69. The number of rotatable bonds is 7. The topological polar surface area (TPSA) is 30.7 Å². The van der Waals surface area contributed by atoms with Crippen LogP contribution in [0.4, 0.5) is 0 Å². The Labute approximate surface area is 127 Å². The molecule has 0 unspecified atom stereocenters. The molecule has 3 rings (SSSR count). The first kappa shape index (κ1) is 14.3. The van der Waals surface area contributed by atoms with Crippen molar-refractivity contribution < 1.29 is 0 Å². The van der Waals surface area contributed by atoms with Crippen LogP contribution in [0.2, 0.25) is 0 Å². The van der Waals surface area contributed by atoms with Gasteiger partial charge in [-0.3, -0.25) is 0 Å². The van der Waals surface area contributed by atoms with Crippen LogP contribution in [0.1, 0.15) is 56.7 Å². The molecule has 1 aliphatic carbocycles. The van der Waals surface area contributed by atoms with E-state index in [0.29, 0.717) is 0 Å². The highest BCUT2D eigenvalue weighted by molar-refractivity contribution is 5.68. The van der Waals surface area contributed by atoms with E-state index in [1.165, 1.54) is 61.0 Å². The maximum Gasteiger partial charge on any atom is 0.0920 e. The van der Waals surface area contributed by atoms with Gasteiger partial charge in [0.15, 0.2) is 0 Å². The minimum Gasteiger partial charge on any atom is -0.244 e. The molecular formula is C18H25N3. The van der Waals surface area contributed by atoms with Crippen molar-refractivity contribution in [3.05, 3.63) is 35.5 Å². The van der Waals surface area contributed by atoms with Gasteiger partial charge in [0.25, 0.3) is 0 Å². The molecule has 1 heterocycles. The van der Waals surface area contributed by atoms with Crippen LogP contribution in [-0.4, -0.2) is 15.0 Å². The predicted molar refractivity (Wildman–Crippen MR) is 86.2 cm³/mol. The molecule has 1 aromatic carbocycles. The quantitative estimate of drug-likeness (QED) is 0.705. The largest absolute Gasteiger partial charge is 0.244 e. The third-order valence-corrected chi connectivity index (χ3v) is 4.43. The van der Waals surface area contributed by atoms with Crippen LogP contribution in [0.25, 0.3) is 11.3 Å². The van der Waals surface area contributed by atoms with E-state index in [9.17, 15) is 0 Å². The predicted octanol–water partition coefficient (Wildman–Crippen LogP) is 4.40. The van der Waals surface area contributed by atoms with Gasteiger partial charge in [-0.05, 0) is 24.8 Å². The molecule has 21 heavy (non-hydrogen) atoms. The fourth-order valence-electron chi connectivity index (χ4n) is 3.23. The first-order chi connectivity index (χ1) is 10.4. The number of aromatic nitrogens is 3. The van der Waals surface area contributed by atoms with Crippen molar-refractivity contribution in [2.75, 3.05) is 0 Å². The van der Waals surface area contributed by atoms with Gasteiger partial charge in [-0.2, -0.15) is 0 Å². The zero-order valence-corrected chi connectivity index (χ0v) is 13.0. The van der Waals surface area contributed by atoms with Gasteiger partial charge in [0.1, 0.15) is 0 Å². The molecule has 3 heteroatoms. The van der Waals surface area contributed by atoms with Gasteiger partial charge in [0.2, 0.25) is 0 Å². The van der Waals surface area contributed by atoms with Crippen molar-refractivity contribution in [3.8, 4) is 11.3 Å². The molecule has 112 valence electrons. The van der Waals surface area contributed by atoms with E-state index in [1.807, 2.05) is 0 Å². The van der Waals surface area contributed by atoms with Gasteiger partial charge < -0.3 is 0 Å². The Morgan fingerprint density at radius 3 is 2.71 bits per heavy atom. The van der Waals surface area contributed by atoms with Gasteiger partial charge >= 0.3 is 0 Å². The fraction of sp³-hybridized carbons (Fsp3) is 0.556.